The number of carbonyl (C=O) groups is 1. The molecule has 0 atom stereocenters. The van der Waals surface area contributed by atoms with E-state index in [0.717, 1.165) is 29.0 Å². The number of anilines is 2. The van der Waals surface area contributed by atoms with Crippen molar-refractivity contribution in [1.82, 2.24) is 0 Å². The van der Waals surface area contributed by atoms with Crippen LogP contribution in [0.4, 0.5) is 11.4 Å². The normalized spacial score (nSPS) is 9.62. The monoisotopic (exact) mass is 634 g/mol. The zero-order chi connectivity index (χ0) is 29.7. The Morgan fingerprint density at radius 1 is 0.738 bits per heavy atom. The average molecular weight is 636 g/mol. The molecule has 4 rings (SSSR count). The first-order valence-corrected chi connectivity index (χ1v) is 13.6. The van der Waals surface area contributed by atoms with Crippen LogP contribution < -0.4 is 20.5 Å². The van der Waals surface area contributed by atoms with Crippen LogP contribution in [0.3, 0.4) is 0 Å². The van der Waals surface area contributed by atoms with Crippen molar-refractivity contribution in [3.05, 3.63) is 118 Å². The molecule has 42 heavy (non-hydrogen) atoms. The highest BCUT2D eigenvalue weighted by molar-refractivity contribution is 6.33. The summed E-state index contributed by atoms with van der Waals surface area (Å²) < 4.78 is 20.7. The molecule has 0 fully saturated rings. The van der Waals surface area contributed by atoms with Crippen molar-refractivity contribution >= 4 is 53.3 Å². The Labute approximate surface area is 264 Å². The highest BCUT2D eigenvalue weighted by atomic mass is 35.5. The summed E-state index contributed by atoms with van der Waals surface area (Å²) in [7, 11) is 3.22. The summed E-state index contributed by atoms with van der Waals surface area (Å²) in [5, 5.41) is 4.47. The summed E-state index contributed by atoms with van der Waals surface area (Å²) in [6.07, 6.45) is 0.753. The Hall–Kier alpha value is -3.46. The van der Waals surface area contributed by atoms with Crippen LogP contribution in [0.2, 0.25) is 10.0 Å². The molecule has 4 aromatic rings. The minimum Gasteiger partial charge on any atom is -0.497 e. The lowest BCUT2D eigenvalue weighted by molar-refractivity contribution is -0.112. The van der Waals surface area contributed by atoms with Crippen LogP contribution in [0.25, 0.3) is 0 Å². The molecule has 0 bridgehead atoms. The molecular formula is C32H37Cl3N2O5. The Bertz CT molecular complexity index is 1280. The number of halogens is 3. The maximum Gasteiger partial charge on any atom is 0.145 e. The molecule has 7 nitrogen and oxygen atoms in total. The van der Waals surface area contributed by atoms with E-state index in [-0.39, 0.29) is 19.0 Å². The van der Waals surface area contributed by atoms with Crippen molar-refractivity contribution in [2.45, 2.75) is 13.2 Å². The molecule has 0 radical (unpaired) electrons. The summed E-state index contributed by atoms with van der Waals surface area (Å²) in [6, 6.07) is 30.5. The molecule has 0 aromatic heterocycles. The standard InChI is InChI=1S/C16H18ClNO2.C9H10O2.C7H8ClNO.ClH/c1-19-14-7-8-15(17)16(11-14)18-9-10-20-12-13-5-3-2-4-6-13;10-6-7-11-8-9-4-2-1-3-5-9;1-10-5-2-3-6(8)7(9)4-5;/h2-8,11,18H,9-10,12H2,1H3;1-6H,7-8H2;2-4H,9H2,1H3;1H. The number of nitrogen functional groups attached to an aromatic ring is 1. The fourth-order valence-corrected chi connectivity index (χ4v) is 3.54. The number of carbonyl (C=O) groups excluding carboxylic acids is 1. The van der Waals surface area contributed by atoms with Gasteiger partial charge in [-0.15, -0.1) is 12.4 Å². The number of hydrogen-bond acceptors (Lipinski definition) is 7. The molecule has 0 aliphatic carbocycles. The fourth-order valence-electron chi connectivity index (χ4n) is 3.24. The van der Waals surface area contributed by atoms with Crippen molar-refractivity contribution in [2.75, 3.05) is 45.0 Å². The molecule has 0 aliphatic heterocycles. The topological polar surface area (TPSA) is 92.0 Å². The Morgan fingerprint density at radius 2 is 1.26 bits per heavy atom. The second-order valence-electron chi connectivity index (χ2n) is 8.37. The number of ether oxygens (including phenoxy) is 4. The van der Waals surface area contributed by atoms with Crippen LogP contribution in [0.1, 0.15) is 11.1 Å². The number of methoxy groups -OCH3 is 2. The zero-order valence-corrected chi connectivity index (χ0v) is 26.0. The minimum atomic E-state index is 0. The van der Waals surface area contributed by atoms with Gasteiger partial charge in [0, 0.05) is 18.7 Å². The summed E-state index contributed by atoms with van der Waals surface area (Å²) in [5.41, 5.74) is 9.15. The van der Waals surface area contributed by atoms with Crippen LogP contribution in [-0.4, -0.2) is 40.3 Å². The van der Waals surface area contributed by atoms with Gasteiger partial charge in [0.1, 0.15) is 24.4 Å². The van der Waals surface area contributed by atoms with Crippen LogP contribution in [0, 0.1) is 0 Å². The lowest BCUT2D eigenvalue weighted by Crippen LogP contribution is -2.09. The molecular weight excluding hydrogens is 599 g/mol. The number of nitrogens with one attached hydrogen (secondary N) is 1. The SMILES string of the molecule is COc1ccc(Cl)c(N)c1.COc1ccc(Cl)c(NCCOCc2ccccc2)c1.Cl.O=CCOCc1ccccc1. The Balaban J connectivity index is 0.000000341. The van der Waals surface area contributed by atoms with E-state index in [1.807, 2.05) is 78.9 Å². The number of nitrogens with two attached hydrogens (primary N) is 1. The first-order chi connectivity index (χ1) is 20.0. The maximum absolute atomic E-state index is 9.87. The lowest BCUT2D eigenvalue weighted by Gasteiger charge is -2.10. The van der Waals surface area contributed by atoms with Gasteiger partial charge in [0.25, 0.3) is 0 Å². The van der Waals surface area contributed by atoms with E-state index in [2.05, 4.69) is 5.32 Å². The van der Waals surface area contributed by atoms with Gasteiger partial charge >= 0.3 is 0 Å². The number of hydrogen-bond donors (Lipinski definition) is 2. The Kier molecular flexibility index (Phi) is 19.3. The third kappa shape index (κ3) is 15.0. The second-order valence-corrected chi connectivity index (χ2v) is 9.18. The summed E-state index contributed by atoms with van der Waals surface area (Å²) >= 11 is 11.8. The highest BCUT2D eigenvalue weighted by Crippen LogP contribution is 2.26. The van der Waals surface area contributed by atoms with Gasteiger partial charge in [0.05, 0.1) is 55.5 Å². The summed E-state index contributed by atoms with van der Waals surface area (Å²) in [5.74, 6) is 1.50. The molecule has 0 unspecified atom stereocenters. The second kappa shape index (κ2) is 22.2. The predicted octanol–water partition coefficient (Wildman–Crippen LogP) is 7.73. The van der Waals surface area contributed by atoms with E-state index < -0.39 is 0 Å². The van der Waals surface area contributed by atoms with E-state index in [9.17, 15) is 4.79 Å². The zero-order valence-electron chi connectivity index (χ0n) is 23.6. The lowest BCUT2D eigenvalue weighted by atomic mass is 10.2. The van der Waals surface area contributed by atoms with Crippen molar-refractivity contribution < 1.29 is 23.7 Å². The molecule has 0 amide bonds. The third-order valence-corrected chi connectivity index (χ3v) is 6.02. The van der Waals surface area contributed by atoms with Gasteiger partial charge in [0.2, 0.25) is 0 Å². The van der Waals surface area contributed by atoms with Crippen molar-refractivity contribution in [2.24, 2.45) is 0 Å². The largest absolute Gasteiger partial charge is 0.497 e. The quantitative estimate of drug-likeness (QED) is 0.0935. The van der Waals surface area contributed by atoms with Gasteiger partial charge in [-0.2, -0.15) is 0 Å². The minimum absolute atomic E-state index is 0. The van der Waals surface area contributed by atoms with Crippen molar-refractivity contribution in [1.29, 1.82) is 0 Å². The summed E-state index contributed by atoms with van der Waals surface area (Å²) in [6.45, 7) is 2.62. The molecule has 4 aromatic carbocycles. The summed E-state index contributed by atoms with van der Waals surface area (Å²) in [4.78, 5) is 9.87. The molecule has 3 N–H and O–H groups in total. The van der Waals surface area contributed by atoms with Crippen LogP contribution in [-0.2, 0) is 27.5 Å². The molecule has 0 saturated carbocycles. The predicted molar refractivity (Wildman–Crippen MR) is 174 cm³/mol. The van der Waals surface area contributed by atoms with Crippen LogP contribution >= 0.6 is 35.6 Å². The van der Waals surface area contributed by atoms with Gasteiger partial charge in [-0.05, 0) is 35.4 Å². The first kappa shape index (κ1) is 36.6. The van der Waals surface area contributed by atoms with Gasteiger partial charge in [-0.25, -0.2) is 0 Å². The first-order valence-electron chi connectivity index (χ1n) is 12.8. The van der Waals surface area contributed by atoms with E-state index in [1.54, 1.807) is 32.4 Å². The molecule has 0 spiro atoms. The third-order valence-electron chi connectivity index (χ3n) is 5.35. The molecule has 0 heterocycles. The molecule has 226 valence electrons. The number of benzene rings is 4. The smallest absolute Gasteiger partial charge is 0.145 e. The van der Waals surface area contributed by atoms with E-state index in [0.29, 0.717) is 42.1 Å². The van der Waals surface area contributed by atoms with Crippen molar-refractivity contribution in [3.8, 4) is 11.5 Å². The fraction of sp³-hybridized carbons (Fsp3) is 0.219. The average Bonchev–Trinajstić information content (AvgIpc) is 3.01. The van der Waals surface area contributed by atoms with Crippen LogP contribution in [0.15, 0.2) is 97.1 Å². The van der Waals surface area contributed by atoms with E-state index in [4.69, 9.17) is 47.9 Å². The highest BCUT2D eigenvalue weighted by Gasteiger charge is 2.02. The van der Waals surface area contributed by atoms with Gasteiger partial charge in [-0.1, -0.05) is 83.9 Å². The van der Waals surface area contributed by atoms with Gasteiger partial charge < -0.3 is 34.8 Å². The van der Waals surface area contributed by atoms with E-state index >= 15 is 0 Å². The van der Waals surface area contributed by atoms with Crippen molar-refractivity contribution in [3.63, 3.8) is 0 Å². The van der Waals surface area contributed by atoms with Gasteiger partial charge in [-0.3, -0.25) is 0 Å². The number of aldehydes is 1. The maximum atomic E-state index is 9.87. The van der Waals surface area contributed by atoms with E-state index in [1.165, 1.54) is 5.56 Å². The molecule has 0 aliphatic rings. The number of rotatable bonds is 12. The van der Waals surface area contributed by atoms with Gasteiger partial charge in [0.15, 0.2) is 0 Å². The molecule has 0 saturated heterocycles. The van der Waals surface area contributed by atoms with Crippen LogP contribution in [0.5, 0.6) is 11.5 Å². The Morgan fingerprint density at radius 3 is 1.79 bits per heavy atom. The molecule has 10 heteroatoms.